The number of methoxy groups -OCH3 is 2. The van der Waals surface area contributed by atoms with Gasteiger partial charge in [0.05, 0.1) is 27.4 Å². The highest BCUT2D eigenvalue weighted by Gasteiger charge is 2.35. The molecule has 11 nitrogen and oxygen atoms in total. The average molecular weight is 472 g/mol. The Morgan fingerprint density at radius 3 is 2.62 bits per heavy atom. The van der Waals surface area contributed by atoms with Crippen LogP contribution < -0.4 is 14.8 Å². The van der Waals surface area contributed by atoms with Crippen LogP contribution in [-0.2, 0) is 25.6 Å². The van der Waals surface area contributed by atoms with Crippen LogP contribution in [0.3, 0.4) is 0 Å². The number of benzene rings is 1. The van der Waals surface area contributed by atoms with Crippen LogP contribution in [0.5, 0.6) is 11.5 Å². The number of rotatable bonds is 9. The van der Waals surface area contributed by atoms with Crippen molar-refractivity contribution in [2.24, 2.45) is 0 Å². The predicted octanol–water partition coefficient (Wildman–Crippen LogP) is 2.50. The molecule has 0 radical (unpaired) electrons. The molecule has 11 heteroatoms. The van der Waals surface area contributed by atoms with Crippen molar-refractivity contribution in [1.29, 1.82) is 0 Å². The molecule has 0 bridgehead atoms. The number of esters is 2. The maximum atomic E-state index is 12.9. The SMILES string of the molecule is CCOC(=O)[C@H](C)Oc1c(/C=C2/NC(=O)N(Cc3ccc(C(=O)OC)o3)C2=O)cccc1OC. The number of carbonyl (C=O) groups excluding carboxylic acids is 4. The Kier molecular flexibility index (Phi) is 7.57. The molecule has 1 fully saturated rings. The first-order valence-corrected chi connectivity index (χ1v) is 10.3. The summed E-state index contributed by atoms with van der Waals surface area (Å²) in [5, 5.41) is 2.50. The zero-order chi connectivity index (χ0) is 24.8. The zero-order valence-corrected chi connectivity index (χ0v) is 19.1. The van der Waals surface area contributed by atoms with Gasteiger partial charge in [0, 0.05) is 5.56 Å². The maximum Gasteiger partial charge on any atom is 0.373 e. The lowest BCUT2D eigenvalue weighted by Crippen LogP contribution is -2.30. The minimum Gasteiger partial charge on any atom is -0.493 e. The Bertz CT molecular complexity index is 1140. The van der Waals surface area contributed by atoms with E-state index in [1.165, 1.54) is 39.4 Å². The van der Waals surface area contributed by atoms with E-state index in [2.05, 4.69) is 10.1 Å². The van der Waals surface area contributed by atoms with Gasteiger partial charge < -0.3 is 28.7 Å². The molecule has 0 spiro atoms. The lowest BCUT2D eigenvalue weighted by molar-refractivity contribution is -0.150. The Morgan fingerprint density at radius 2 is 1.94 bits per heavy atom. The summed E-state index contributed by atoms with van der Waals surface area (Å²) in [4.78, 5) is 49.8. The second-order valence-electron chi connectivity index (χ2n) is 7.03. The van der Waals surface area contributed by atoms with Crippen molar-refractivity contribution in [2.75, 3.05) is 20.8 Å². The van der Waals surface area contributed by atoms with E-state index in [0.29, 0.717) is 11.3 Å². The number of imide groups is 1. The molecule has 3 rings (SSSR count). The van der Waals surface area contributed by atoms with Crippen LogP contribution in [0.1, 0.15) is 35.7 Å². The fourth-order valence-corrected chi connectivity index (χ4v) is 3.12. The van der Waals surface area contributed by atoms with Gasteiger partial charge in [-0.25, -0.2) is 14.4 Å². The molecular formula is C23H24N2O9. The molecule has 1 saturated heterocycles. The average Bonchev–Trinajstić information content (AvgIpc) is 3.40. The smallest absolute Gasteiger partial charge is 0.373 e. The number of urea groups is 1. The van der Waals surface area contributed by atoms with Crippen molar-refractivity contribution in [3.8, 4) is 11.5 Å². The molecule has 0 unspecified atom stereocenters. The molecule has 2 aromatic rings. The summed E-state index contributed by atoms with van der Waals surface area (Å²) in [6, 6.07) is 7.13. The summed E-state index contributed by atoms with van der Waals surface area (Å²) >= 11 is 0. The standard InChI is InChI=1S/C23H24N2O9/c1-5-32-21(27)13(2)33-19-14(7-6-8-17(19)30-3)11-16-20(26)25(23(29)24-16)12-15-9-10-18(34-15)22(28)31-4/h6-11,13H,5,12H2,1-4H3,(H,24,29)/b16-11+/t13-/m0/s1. The first-order chi connectivity index (χ1) is 16.3. The number of nitrogens with one attached hydrogen (secondary N) is 1. The van der Waals surface area contributed by atoms with Crippen molar-refractivity contribution in [3.63, 3.8) is 0 Å². The molecule has 180 valence electrons. The van der Waals surface area contributed by atoms with Crippen LogP contribution in [0.15, 0.2) is 40.4 Å². The number of para-hydroxylation sites is 1. The number of hydrogen-bond acceptors (Lipinski definition) is 9. The molecule has 2 heterocycles. The third kappa shape index (κ3) is 5.20. The molecule has 1 aromatic carbocycles. The molecule has 0 aliphatic carbocycles. The largest absolute Gasteiger partial charge is 0.493 e. The van der Waals surface area contributed by atoms with E-state index in [1.807, 2.05) is 0 Å². The third-order valence-electron chi connectivity index (χ3n) is 4.77. The molecule has 1 N–H and O–H groups in total. The Hall–Kier alpha value is -4.28. The zero-order valence-electron chi connectivity index (χ0n) is 19.1. The molecular weight excluding hydrogens is 448 g/mol. The minimum atomic E-state index is -0.943. The van der Waals surface area contributed by atoms with Crippen molar-refractivity contribution >= 4 is 30.0 Å². The van der Waals surface area contributed by atoms with Gasteiger partial charge in [0.15, 0.2) is 17.6 Å². The number of furan rings is 1. The number of amides is 3. The van der Waals surface area contributed by atoms with Gasteiger partial charge in [-0.05, 0) is 38.1 Å². The van der Waals surface area contributed by atoms with Gasteiger partial charge in [0.1, 0.15) is 11.5 Å². The second-order valence-corrected chi connectivity index (χ2v) is 7.03. The van der Waals surface area contributed by atoms with E-state index in [1.54, 1.807) is 25.1 Å². The summed E-state index contributed by atoms with van der Waals surface area (Å²) in [5.74, 6) is -1.15. The van der Waals surface area contributed by atoms with Crippen molar-refractivity contribution in [2.45, 2.75) is 26.5 Å². The Labute approximate surface area is 195 Å². The number of nitrogens with zero attached hydrogens (tertiary/aromatic N) is 1. The number of ether oxygens (including phenoxy) is 4. The van der Waals surface area contributed by atoms with E-state index >= 15 is 0 Å². The first kappa shape index (κ1) is 24.4. The van der Waals surface area contributed by atoms with Gasteiger partial charge >= 0.3 is 18.0 Å². The maximum absolute atomic E-state index is 12.9. The van der Waals surface area contributed by atoms with Crippen molar-refractivity contribution in [3.05, 3.63) is 53.1 Å². The summed E-state index contributed by atoms with van der Waals surface area (Å²) in [6.45, 7) is 3.21. The number of hydrogen-bond donors (Lipinski definition) is 1. The first-order valence-electron chi connectivity index (χ1n) is 10.3. The summed E-state index contributed by atoms with van der Waals surface area (Å²) < 4.78 is 26.0. The molecule has 34 heavy (non-hydrogen) atoms. The monoisotopic (exact) mass is 472 g/mol. The van der Waals surface area contributed by atoms with Crippen molar-refractivity contribution < 1.29 is 42.5 Å². The normalized spacial score (nSPS) is 15.2. The van der Waals surface area contributed by atoms with Crippen LogP contribution >= 0.6 is 0 Å². The van der Waals surface area contributed by atoms with Gasteiger partial charge in [-0.15, -0.1) is 0 Å². The van der Waals surface area contributed by atoms with Gasteiger partial charge in [-0.1, -0.05) is 12.1 Å². The molecule has 1 aliphatic heterocycles. The minimum absolute atomic E-state index is 0.0216. The predicted molar refractivity (Wildman–Crippen MR) is 117 cm³/mol. The van der Waals surface area contributed by atoms with Gasteiger partial charge in [-0.3, -0.25) is 9.69 Å². The van der Waals surface area contributed by atoms with Crippen LogP contribution in [-0.4, -0.2) is 55.7 Å². The highest BCUT2D eigenvalue weighted by molar-refractivity contribution is 6.14. The molecule has 0 saturated carbocycles. The van der Waals surface area contributed by atoms with E-state index < -0.39 is 30.0 Å². The van der Waals surface area contributed by atoms with Gasteiger partial charge in [0.2, 0.25) is 5.76 Å². The van der Waals surface area contributed by atoms with Crippen LogP contribution in [0.25, 0.3) is 6.08 Å². The van der Waals surface area contributed by atoms with E-state index in [4.69, 9.17) is 18.6 Å². The summed E-state index contributed by atoms with van der Waals surface area (Å²) in [5.41, 5.74) is 0.374. The van der Waals surface area contributed by atoms with E-state index in [0.717, 1.165) is 4.90 Å². The van der Waals surface area contributed by atoms with Gasteiger partial charge in [0.25, 0.3) is 5.91 Å². The van der Waals surface area contributed by atoms with Crippen LogP contribution in [0, 0.1) is 0 Å². The topological polar surface area (TPSA) is 134 Å². The molecule has 1 atom stereocenters. The highest BCUT2D eigenvalue weighted by atomic mass is 16.6. The molecule has 3 amide bonds. The third-order valence-corrected chi connectivity index (χ3v) is 4.77. The van der Waals surface area contributed by atoms with Crippen LogP contribution in [0.4, 0.5) is 4.79 Å². The second kappa shape index (κ2) is 10.6. The van der Waals surface area contributed by atoms with Crippen molar-refractivity contribution in [1.82, 2.24) is 10.2 Å². The fourth-order valence-electron chi connectivity index (χ4n) is 3.12. The lowest BCUT2D eigenvalue weighted by atomic mass is 10.1. The number of carbonyl (C=O) groups is 4. The summed E-state index contributed by atoms with van der Waals surface area (Å²) in [6.07, 6.45) is 0.472. The molecule has 1 aliphatic rings. The fraction of sp³-hybridized carbons (Fsp3) is 0.304. The Morgan fingerprint density at radius 1 is 1.18 bits per heavy atom. The van der Waals surface area contributed by atoms with E-state index in [9.17, 15) is 19.2 Å². The Balaban J connectivity index is 1.85. The quantitative estimate of drug-likeness (QED) is 0.332. The summed E-state index contributed by atoms with van der Waals surface area (Å²) in [7, 11) is 2.65. The van der Waals surface area contributed by atoms with E-state index in [-0.39, 0.29) is 36.1 Å². The lowest BCUT2D eigenvalue weighted by Gasteiger charge is -2.17. The van der Waals surface area contributed by atoms with Crippen LogP contribution in [0.2, 0.25) is 0 Å². The highest BCUT2D eigenvalue weighted by Crippen LogP contribution is 2.34. The molecule has 1 aromatic heterocycles. The van der Waals surface area contributed by atoms with Gasteiger partial charge in [-0.2, -0.15) is 0 Å².